The number of benzene rings is 2. The Kier molecular flexibility index (Phi) is 2.60. The number of carbonyl (C=O) groups is 2. The zero-order valence-corrected chi connectivity index (χ0v) is 12.2. The Labute approximate surface area is 129 Å². The van der Waals surface area contributed by atoms with Crippen molar-refractivity contribution in [2.24, 2.45) is 0 Å². The number of nitrogens with zero attached hydrogens (tertiary/aromatic N) is 1. The quantitative estimate of drug-likeness (QED) is 0.512. The van der Waals surface area contributed by atoms with Crippen molar-refractivity contribution in [2.45, 2.75) is 5.16 Å². The minimum absolute atomic E-state index is 0.162. The first-order valence-corrected chi connectivity index (χ1v) is 8.00. The van der Waals surface area contributed by atoms with Gasteiger partial charge < -0.3 is 4.98 Å². The fourth-order valence-electron chi connectivity index (χ4n) is 2.70. The molecule has 4 rings (SSSR count). The Balaban J connectivity index is 2.02. The summed E-state index contributed by atoms with van der Waals surface area (Å²) in [7, 11) is -4.51. The summed E-state index contributed by atoms with van der Waals surface area (Å²) in [6, 6.07) is 9.20. The molecular weight excluding hydrogens is 320 g/mol. The van der Waals surface area contributed by atoms with Crippen molar-refractivity contribution in [3.8, 4) is 0 Å². The van der Waals surface area contributed by atoms with Crippen LogP contribution < -0.4 is 0 Å². The number of rotatable bonds is 1. The molecule has 1 aromatic heterocycles. The van der Waals surface area contributed by atoms with Crippen LogP contribution in [-0.4, -0.2) is 34.5 Å². The van der Waals surface area contributed by atoms with E-state index in [4.69, 9.17) is 4.55 Å². The summed E-state index contributed by atoms with van der Waals surface area (Å²) < 4.78 is 31.4. The third-order valence-corrected chi connectivity index (χ3v) is 4.43. The zero-order chi connectivity index (χ0) is 16.4. The predicted octanol–water partition coefficient (Wildman–Crippen LogP) is 1.58. The Bertz CT molecular complexity index is 1060. The molecule has 0 fully saturated rings. The van der Waals surface area contributed by atoms with E-state index < -0.39 is 15.3 Å². The van der Waals surface area contributed by atoms with E-state index in [1.54, 1.807) is 24.3 Å². The van der Waals surface area contributed by atoms with Gasteiger partial charge in [-0.1, -0.05) is 24.3 Å². The molecule has 0 atom stereocenters. The summed E-state index contributed by atoms with van der Waals surface area (Å²) in [5.74, 6) is -0.645. The largest absolute Gasteiger partial charge is 0.328 e. The molecule has 2 aromatic carbocycles. The van der Waals surface area contributed by atoms with E-state index in [0.717, 1.165) is 0 Å². The first-order valence-electron chi connectivity index (χ1n) is 6.56. The lowest BCUT2D eigenvalue weighted by Gasteiger charge is -2.16. The summed E-state index contributed by atoms with van der Waals surface area (Å²) >= 11 is 0. The molecule has 0 spiro atoms. The normalized spacial score (nSPS) is 14.0. The minimum Gasteiger partial charge on any atom is -0.327 e. The molecule has 0 saturated carbocycles. The maximum atomic E-state index is 12.5. The van der Waals surface area contributed by atoms with Gasteiger partial charge in [0, 0.05) is 22.3 Å². The van der Waals surface area contributed by atoms with Gasteiger partial charge in [0.2, 0.25) is 0 Å². The van der Waals surface area contributed by atoms with E-state index in [-0.39, 0.29) is 33.7 Å². The maximum Gasteiger partial charge on any atom is 0.328 e. The second kappa shape index (κ2) is 4.34. The van der Waals surface area contributed by atoms with Crippen LogP contribution in [0.25, 0.3) is 11.0 Å². The van der Waals surface area contributed by atoms with Crippen molar-refractivity contribution in [1.82, 2.24) is 9.97 Å². The number of hydrogen-bond donors (Lipinski definition) is 2. The van der Waals surface area contributed by atoms with Crippen LogP contribution in [0.3, 0.4) is 0 Å². The standard InChI is InChI=1S/C15H8N2O5S/c18-13-7-3-1-2-4-8(7)14(19)10-6-12-11(5-9(10)13)16-15(17-12)23(20,21)22/h1-6H,(H,16,17)(H,20,21,22). The van der Waals surface area contributed by atoms with E-state index in [9.17, 15) is 18.0 Å². The van der Waals surface area contributed by atoms with Gasteiger partial charge >= 0.3 is 10.1 Å². The Morgan fingerprint density at radius 2 is 1.48 bits per heavy atom. The van der Waals surface area contributed by atoms with Gasteiger partial charge in [-0.3, -0.25) is 14.1 Å². The van der Waals surface area contributed by atoms with Crippen molar-refractivity contribution < 1.29 is 22.6 Å². The van der Waals surface area contributed by atoms with Gasteiger partial charge in [-0.2, -0.15) is 8.42 Å². The SMILES string of the molecule is O=C1c2ccccc2C(=O)c2cc3[nH]c(S(=O)(=O)O)nc3cc21. The number of aromatic amines is 1. The molecule has 2 N–H and O–H groups in total. The number of nitrogens with one attached hydrogen (secondary N) is 1. The number of fused-ring (bicyclic) bond motifs is 3. The molecule has 0 amide bonds. The van der Waals surface area contributed by atoms with Crippen LogP contribution in [0, 0.1) is 0 Å². The highest BCUT2D eigenvalue weighted by Crippen LogP contribution is 2.30. The fourth-order valence-corrected chi connectivity index (χ4v) is 3.15. The summed E-state index contributed by atoms with van der Waals surface area (Å²) in [6.45, 7) is 0. The van der Waals surface area contributed by atoms with Gasteiger partial charge in [0.05, 0.1) is 11.0 Å². The molecule has 0 saturated heterocycles. The van der Waals surface area contributed by atoms with E-state index in [1.165, 1.54) is 12.1 Å². The zero-order valence-electron chi connectivity index (χ0n) is 11.4. The molecule has 114 valence electrons. The molecule has 0 aliphatic heterocycles. The van der Waals surface area contributed by atoms with Crippen LogP contribution >= 0.6 is 0 Å². The van der Waals surface area contributed by atoms with Gasteiger partial charge in [0.15, 0.2) is 11.6 Å². The Morgan fingerprint density at radius 1 is 0.913 bits per heavy atom. The van der Waals surface area contributed by atoms with E-state index in [1.807, 2.05) is 0 Å². The third-order valence-electron chi connectivity index (χ3n) is 3.75. The van der Waals surface area contributed by atoms with Crippen molar-refractivity contribution in [1.29, 1.82) is 0 Å². The lowest BCUT2D eigenvalue weighted by molar-refractivity contribution is 0.0979. The maximum absolute atomic E-state index is 12.5. The summed E-state index contributed by atoms with van der Waals surface area (Å²) in [6.07, 6.45) is 0. The molecular formula is C15H8N2O5S. The number of imidazole rings is 1. The highest BCUT2D eigenvalue weighted by atomic mass is 32.2. The predicted molar refractivity (Wildman–Crippen MR) is 79.2 cm³/mol. The number of H-pyrrole nitrogens is 1. The minimum atomic E-state index is -4.51. The molecule has 0 radical (unpaired) electrons. The van der Waals surface area contributed by atoms with E-state index >= 15 is 0 Å². The summed E-state index contributed by atoms with van der Waals surface area (Å²) in [5, 5.41) is -0.632. The molecule has 7 nitrogen and oxygen atoms in total. The van der Waals surface area contributed by atoms with Crippen LogP contribution in [0.2, 0.25) is 0 Å². The average molecular weight is 328 g/mol. The van der Waals surface area contributed by atoms with Crippen molar-refractivity contribution >= 4 is 32.7 Å². The third kappa shape index (κ3) is 1.92. The van der Waals surface area contributed by atoms with Gasteiger partial charge in [0.1, 0.15) is 0 Å². The lowest BCUT2D eigenvalue weighted by Crippen LogP contribution is -2.20. The second-order valence-electron chi connectivity index (χ2n) is 5.14. The van der Waals surface area contributed by atoms with Gasteiger partial charge in [-0.25, -0.2) is 4.98 Å². The number of carbonyl (C=O) groups excluding carboxylic acids is 2. The number of aromatic nitrogens is 2. The molecule has 3 aromatic rings. The molecule has 1 aliphatic carbocycles. The first kappa shape index (κ1) is 13.8. The highest BCUT2D eigenvalue weighted by Gasteiger charge is 2.30. The molecule has 8 heteroatoms. The van der Waals surface area contributed by atoms with Crippen molar-refractivity contribution in [2.75, 3.05) is 0 Å². The van der Waals surface area contributed by atoms with Gasteiger partial charge in [-0.05, 0) is 12.1 Å². The average Bonchev–Trinajstić information content (AvgIpc) is 2.94. The van der Waals surface area contributed by atoms with Crippen LogP contribution in [0.5, 0.6) is 0 Å². The van der Waals surface area contributed by atoms with Crippen LogP contribution in [0.15, 0.2) is 41.6 Å². The van der Waals surface area contributed by atoms with Crippen LogP contribution in [0.4, 0.5) is 0 Å². The molecule has 1 heterocycles. The van der Waals surface area contributed by atoms with E-state index in [2.05, 4.69) is 9.97 Å². The summed E-state index contributed by atoms with van der Waals surface area (Å²) in [5.41, 5.74) is 1.36. The Hall–Kier alpha value is -2.84. The smallest absolute Gasteiger partial charge is 0.327 e. The Morgan fingerprint density at radius 3 is 2.04 bits per heavy atom. The monoisotopic (exact) mass is 328 g/mol. The topological polar surface area (TPSA) is 117 Å². The molecule has 0 bridgehead atoms. The van der Waals surface area contributed by atoms with Gasteiger partial charge in [0.25, 0.3) is 5.16 Å². The van der Waals surface area contributed by atoms with Gasteiger partial charge in [-0.15, -0.1) is 0 Å². The first-order chi connectivity index (χ1) is 10.9. The fraction of sp³-hybridized carbons (Fsp3) is 0. The second-order valence-corrected chi connectivity index (χ2v) is 6.47. The van der Waals surface area contributed by atoms with Crippen LogP contribution in [-0.2, 0) is 10.1 Å². The highest BCUT2D eigenvalue weighted by molar-refractivity contribution is 7.85. The molecule has 1 aliphatic rings. The van der Waals surface area contributed by atoms with Crippen molar-refractivity contribution in [3.05, 3.63) is 58.7 Å². The summed E-state index contributed by atoms with van der Waals surface area (Å²) in [4.78, 5) is 31.3. The van der Waals surface area contributed by atoms with Crippen molar-refractivity contribution in [3.63, 3.8) is 0 Å². The van der Waals surface area contributed by atoms with E-state index in [0.29, 0.717) is 11.1 Å². The number of ketones is 2. The molecule has 23 heavy (non-hydrogen) atoms. The van der Waals surface area contributed by atoms with Crippen LogP contribution in [0.1, 0.15) is 31.8 Å². The number of hydrogen-bond acceptors (Lipinski definition) is 5. The molecule has 0 unspecified atom stereocenters. The lowest BCUT2D eigenvalue weighted by atomic mass is 9.84.